The second kappa shape index (κ2) is 4.09. The molecule has 3 heteroatoms. The lowest BCUT2D eigenvalue weighted by Crippen LogP contribution is -2.33. The molecule has 1 aliphatic carbocycles. The second-order valence-corrected chi connectivity index (χ2v) is 4.67. The summed E-state index contributed by atoms with van der Waals surface area (Å²) < 4.78 is 26.1. The zero-order valence-electron chi connectivity index (χ0n) is 8.40. The average Bonchev–Trinajstić information content (AvgIpc) is 2.14. The number of benzene rings is 1. The van der Waals surface area contributed by atoms with Crippen LogP contribution >= 0.6 is 11.6 Å². The predicted octanol–water partition coefficient (Wildman–Crippen LogP) is 3.92. The van der Waals surface area contributed by atoms with E-state index in [1.165, 1.54) is 12.1 Å². The zero-order chi connectivity index (χ0) is 10.9. The smallest absolute Gasteiger partial charge is 0.129 e. The fraction of sp³-hybridized carbons (Fsp3) is 0.500. The quantitative estimate of drug-likeness (QED) is 0.691. The van der Waals surface area contributed by atoms with Gasteiger partial charge in [-0.1, -0.05) is 12.5 Å². The van der Waals surface area contributed by atoms with Crippen molar-refractivity contribution in [2.24, 2.45) is 5.41 Å². The molecular weight excluding hydrogens is 218 g/mol. The third-order valence-electron chi connectivity index (χ3n) is 3.28. The molecule has 0 radical (unpaired) electrons. The molecule has 0 unspecified atom stereocenters. The fourth-order valence-electron chi connectivity index (χ4n) is 2.10. The second-order valence-electron chi connectivity index (χ2n) is 4.40. The first-order chi connectivity index (χ1) is 7.15. The van der Waals surface area contributed by atoms with E-state index >= 15 is 0 Å². The third-order valence-corrected chi connectivity index (χ3v) is 3.85. The summed E-state index contributed by atoms with van der Waals surface area (Å²) in [6.45, 7) is 0. The van der Waals surface area contributed by atoms with Crippen molar-refractivity contribution in [3.8, 4) is 0 Å². The van der Waals surface area contributed by atoms with Crippen LogP contribution in [0.25, 0.3) is 0 Å². The van der Waals surface area contributed by atoms with Gasteiger partial charge in [0.25, 0.3) is 0 Å². The van der Waals surface area contributed by atoms with Crippen molar-refractivity contribution in [3.05, 3.63) is 35.4 Å². The molecule has 1 fully saturated rings. The van der Waals surface area contributed by atoms with Gasteiger partial charge in [-0.3, -0.25) is 0 Å². The van der Waals surface area contributed by atoms with Crippen LogP contribution in [0.15, 0.2) is 18.2 Å². The SMILES string of the molecule is Fc1ccc(CC2(CCl)CCC2)c(F)c1. The molecule has 82 valence electrons. The first-order valence-corrected chi connectivity index (χ1v) is 5.69. The summed E-state index contributed by atoms with van der Waals surface area (Å²) >= 11 is 5.90. The van der Waals surface area contributed by atoms with Crippen LogP contribution in [0.1, 0.15) is 24.8 Å². The monoisotopic (exact) mass is 230 g/mol. The molecule has 1 aliphatic rings. The summed E-state index contributed by atoms with van der Waals surface area (Å²) in [5, 5.41) is 0. The summed E-state index contributed by atoms with van der Waals surface area (Å²) in [5.41, 5.74) is 0.636. The third kappa shape index (κ3) is 2.15. The van der Waals surface area contributed by atoms with Gasteiger partial charge in [-0.15, -0.1) is 11.6 Å². The van der Waals surface area contributed by atoms with Crippen LogP contribution in [0.4, 0.5) is 8.78 Å². The number of rotatable bonds is 3. The molecular formula is C12H13ClF2. The molecule has 0 spiro atoms. The highest BCUT2D eigenvalue weighted by atomic mass is 35.5. The highest BCUT2D eigenvalue weighted by Gasteiger charge is 2.36. The van der Waals surface area contributed by atoms with Gasteiger partial charge in [0, 0.05) is 11.9 Å². The van der Waals surface area contributed by atoms with Gasteiger partial charge in [0.1, 0.15) is 11.6 Å². The van der Waals surface area contributed by atoms with Crippen LogP contribution in [0.3, 0.4) is 0 Å². The number of alkyl halides is 1. The summed E-state index contributed by atoms with van der Waals surface area (Å²) in [7, 11) is 0. The Morgan fingerprint density at radius 3 is 2.47 bits per heavy atom. The van der Waals surface area contributed by atoms with Crippen molar-refractivity contribution in [2.75, 3.05) is 5.88 Å². The lowest BCUT2D eigenvalue weighted by molar-refractivity contribution is 0.164. The van der Waals surface area contributed by atoms with Crippen LogP contribution in [0.5, 0.6) is 0 Å². The lowest BCUT2D eigenvalue weighted by Gasteiger charge is -2.40. The molecule has 0 aromatic heterocycles. The minimum Gasteiger partial charge on any atom is -0.207 e. The Hall–Kier alpha value is -0.630. The predicted molar refractivity (Wildman–Crippen MR) is 57.1 cm³/mol. The van der Waals surface area contributed by atoms with Gasteiger partial charge in [0.2, 0.25) is 0 Å². The van der Waals surface area contributed by atoms with E-state index in [9.17, 15) is 8.78 Å². The Bertz CT molecular complexity index is 353. The van der Waals surface area contributed by atoms with Crippen LogP contribution in [0, 0.1) is 17.0 Å². The molecule has 0 nitrogen and oxygen atoms in total. The Kier molecular flexibility index (Phi) is 2.96. The fourth-order valence-corrected chi connectivity index (χ4v) is 2.47. The van der Waals surface area contributed by atoms with E-state index in [1.54, 1.807) is 0 Å². The Morgan fingerprint density at radius 1 is 1.27 bits per heavy atom. The van der Waals surface area contributed by atoms with Crippen LogP contribution in [-0.4, -0.2) is 5.88 Å². The van der Waals surface area contributed by atoms with Crippen LogP contribution < -0.4 is 0 Å². The van der Waals surface area contributed by atoms with E-state index in [0.717, 1.165) is 25.3 Å². The van der Waals surface area contributed by atoms with Gasteiger partial charge in [0.05, 0.1) is 0 Å². The van der Waals surface area contributed by atoms with E-state index in [1.807, 2.05) is 0 Å². The molecule has 0 amide bonds. The first kappa shape index (κ1) is 10.9. The zero-order valence-corrected chi connectivity index (χ0v) is 9.16. The largest absolute Gasteiger partial charge is 0.207 e. The minimum atomic E-state index is -0.523. The highest BCUT2D eigenvalue weighted by Crippen LogP contribution is 2.44. The molecule has 0 N–H and O–H groups in total. The minimum absolute atomic E-state index is 0.0558. The molecule has 1 aromatic rings. The van der Waals surface area contributed by atoms with Crippen molar-refractivity contribution in [2.45, 2.75) is 25.7 Å². The van der Waals surface area contributed by atoms with Crippen LogP contribution in [-0.2, 0) is 6.42 Å². The van der Waals surface area contributed by atoms with Crippen molar-refractivity contribution in [1.82, 2.24) is 0 Å². The van der Waals surface area contributed by atoms with Crippen molar-refractivity contribution < 1.29 is 8.78 Å². The summed E-state index contributed by atoms with van der Waals surface area (Å²) in [6.07, 6.45) is 3.89. The molecule has 1 aromatic carbocycles. The molecule has 2 rings (SSSR count). The van der Waals surface area contributed by atoms with Gasteiger partial charge in [-0.25, -0.2) is 8.78 Å². The molecule has 0 saturated heterocycles. The molecule has 0 aliphatic heterocycles. The van der Waals surface area contributed by atoms with Gasteiger partial charge < -0.3 is 0 Å². The summed E-state index contributed by atoms with van der Waals surface area (Å²) in [5.74, 6) is -0.416. The topological polar surface area (TPSA) is 0 Å². The maximum absolute atomic E-state index is 13.4. The Labute approximate surface area is 93.2 Å². The number of hydrogen-bond acceptors (Lipinski definition) is 0. The van der Waals surface area contributed by atoms with Crippen molar-refractivity contribution in [1.29, 1.82) is 0 Å². The molecule has 0 heterocycles. The first-order valence-electron chi connectivity index (χ1n) is 5.15. The molecule has 0 atom stereocenters. The molecule has 0 bridgehead atoms. The molecule has 15 heavy (non-hydrogen) atoms. The normalized spacial score (nSPS) is 18.6. The average molecular weight is 231 g/mol. The summed E-state index contributed by atoms with van der Waals surface area (Å²) in [6, 6.07) is 3.77. The standard InChI is InChI=1S/C12H13ClF2/c13-8-12(4-1-5-12)7-9-2-3-10(14)6-11(9)15/h2-3,6H,1,4-5,7-8H2. The number of halogens is 3. The Morgan fingerprint density at radius 2 is 2.00 bits per heavy atom. The van der Waals surface area contributed by atoms with E-state index in [2.05, 4.69) is 0 Å². The van der Waals surface area contributed by atoms with Crippen LogP contribution in [0.2, 0.25) is 0 Å². The van der Waals surface area contributed by atoms with Crippen molar-refractivity contribution >= 4 is 11.6 Å². The van der Waals surface area contributed by atoms with E-state index in [0.29, 0.717) is 17.9 Å². The maximum atomic E-state index is 13.4. The highest BCUT2D eigenvalue weighted by molar-refractivity contribution is 6.18. The van der Waals surface area contributed by atoms with Gasteiger partial charge in [-0.2, -0.15) is 0 Å². The van der Waals surface area contributed by atoms with Gasteiger partial charge >= 0.3 is 0 Å². The van der Waals surface area contributed by atoms with Gasteiger partial charge in [-0.05, 0) is 36.3 Å². The molecule has 1 saturated carbocycles. The lowest BCUT2D eigenvalue weighted by atomic mass is 9.67. The maximum Gasteiger partial charge on any atom is 0.129 e. The van der Waals surface area contributed by atoms with Gasteiger partial charge in [0.15, 0.2) is 0 Å². The van der Waals surface area contributed by atoms with E-state index in [4.69, 9.17) is 11.6 Å². The number of hydrogen-bond donors (Lipinski definition) is 0. The van der Waals surface area contributed by atoms with E-state index < -0.39 is 11.6 Å². The summed E-state index contributed by atoms with van der Waals surface area (Å²) in [4.78, 5) is 0. The van der Waals surface area contributed by atoms with Crippen molar-refractivity contribution in [3.63, 3.8) is 0 Å². The van der Waals surface area contributed by atoms with E-state index in [-0.39, 0.29) is 5.41 Å². The Balaban J connectivity index is 2.16.